The summed E-state index contributed by atoms with van der Waals surface area (Å²) in [5.41, 5.74) is 0. The van der Waals surface area contributed by atoms with Gasteiger partial charge in [-0.2, -0.15) is 13.2 Å². The molecule has 1 saturated carbocycles. The van der Waals surface area contributed by atoms with Gasteiger partial charge in [0.2, 0.25) is 5.91 Å². The van der Waals surface area contributed by atoms with Gasteiger partial charge in [0.25, 0.3) is 0 Å². The summed E-state index contributed by atoms with van der Waals surface area (Å²) in [6, 6.07) is 0. The molecule has 0 bridgehead atoms. The second kappa shape index (κ2) is 5.61. The molecule has 1 amide bonds. The van der Waals surface area contributed by atoms with Gasteiger partial charge in [0.15, 0.2) is 0 Å². The fourth-order valence-electron chi connectivity index (χ4n) is 3.13. The largest absolute Gasteiger partial charge is 0.481 e. The van der Waals surface area contributed by atoms with Crippen LogP contribution in [0.5, 0.6) is 0 Å². The number of rotatable bonds is 2. The average Bonchev–Trinajstić information content (AvgIpc) is 2.87. The fourth-order valence-corrected chi connectivity index (χ4v) is 3.13. The summed E-state index contributed by atoms with van der Waals surface area (Å²) in [6.45, 7) is 0.463. The molecule has 0 aromatic heterocycles. The van der Waals surface area contributed by atoms with Crippen LogP contribution < -0.4 is 0 Å². The van der Waals surface area contributed by atoms with Crippen LogP contribution in [0, 0.1) is 17.8 Å². The number of hydrogen-bond donors (Lipinski definition) is 1. The lowest BCUT2D eigenvalue weighted by Crippen LogP contribution is -2.39. The van der Waals surface area contributed by atoms with Gasteiger partial charge in [-0.05, 0) is 25.7 Å². The predicted octanol–water partition coefficient (Wildman–Crippen LogP) is 2.29. The van der Waals surface area contributed by atoms with E-state index in [0.717, 1.165) is 0 Å². The summed E-state index contributed by atoms with van der Waals surface area (Å²) < 4.78 is 38.2. The molecule has 1 aliphatic carbocycles. The highest BCUT2D eigenvalue weighted by molar-refractivity contribution is 5.80. The zero-order chi connectivity index (χ0) is 14.9. The molecule has 0 aromatic rings. The fraction of sp³-hybridized carbons (Fsp3) is 0.846. The van der Waals surface area contributed by atoms with Crippen LogP contribution in [0.15, 0.2) is 0 Å². The summed E-state index contributed by atoms with van der Waals surface area (Å²) in [5, 5.41) is 8.89. The lowest BCUT2D eigenvalue weighted by Gasteiger charge is -2.32. The molecule has 1 heterocycles. The molecule has 4 nitrogen and oxygen atoms in total. The van der Waals surface area contributed by atoms with Crippen molar-refractivity contribution in [3.8, 4) is 0 Å². The second-order valence-corrected chi connectivity index (χ2v) is 5.71. The first-order valence-electron chi connectivity index (χ1n) is 6.87. The predicted molar refractivity (Wildman–Crippen MR) is 63.8 cm³/mol. The number of hydrogen-bond acceptors (Lipinski definition) is 2. The van der Waals surface area contributed by atoms with E-state index in [1.54, 1.807) is 0 Å². The van der Waals surface area contributed by atoms with E-state index in [0.29, 0.717) is 25.8 Å². The van der Waals surface area contributed by atoms with Crippen molar-refractivity contribution in [1.29, 1.82) is 0 Å². The van der Waals surface area contributed by atoms with Crippen LogP contribution in [0.3, 0.4) is 0 Å². The number of halogens is 3. The number of alkyl halides is 3. The zero-order valence-electron chi connectivity index (χ0n) is 11.0. The highest BCUT2D eigenvalue weighted by Crippen LogP contribution is 2.40. The summed E-state index contributed by atoms with van der Waals surface area (Å²) in [4.78, 5) is 24.5. The Morgan fingerprint density at radius 2 is 1.80 bits per heavy atom. The minimum Gasteiger partial charge on any atom is -0.481 e. The Labute approximate surface area is 114 Å². The molecule has 3 unspecified atom stereocenters. The summed E-state index contributed by atoms with van der Waals surface area (Å²) in [7, 11) is 0. The van der Waals surface area contributed by atoms with Crippen LogP contribution in [0.2, 0.25) is 0 Å². The summed E-state index contributed by atoms with van der Waals surface area (Å²) >= 11 is 0. The number of aliphatic carboxylic acids is 1. The molecule has 1 N–H and O–H groups in total. The maximum absolute atomic E-state index is 12.7. The maximum atomic E-state index is 12.7. The lowest BCUT2D eigenvalue weighted by atomic mass is 9.80. The Morgan fingerprint density at radius 1 is 1.10 bits per heavy atom. The minimum atomic E-state index is -4.24. The number of amides is 1. The Bertz CT molecular complexity index is 397. The molecule has 1 saturated heterocycles. The highest BCUT2D eigenvalue weighted by atomic mass is 19.4. The molecule has 0 radical (unpaired) electrons. The lowest BCUT2D eigenvalue weighted by molar-refractivity contribution is -0.187. The molecular weight excluding hydrogens is 275 g/mol. The first-order valence-corrected chi connectivity index (χ1v) is 6.87. The van der Waals surface area contributed by atoms with Crippen molar-refractivity contribution in [2.45, 2.75) is 38.3 Å². The highest BCUT2D eigenvalue weighted by Gasteiger charge is 2.45. The number of carbonyl (C=O) groups excluding carboxylic acids is 1. The maximum Gasteiger partial charge on any atom is 0.391 e. The molecule has 2 fully saturated rings. The van der Waals surface area contributed by atoms with Gasteiger partial charge in [-0.15, -0.1) is 0 Å². The molecule has 20 heavy (non-hydrogen) atoms. The van der Waals surface area contributed by atoms with Gasteiger partial charge in [0, 0.05) is 19.0 Å². The Balaban J connectivity index is 1.94. The SMILES string of the molecule is O=C(O)C1CCN(C(=O)C2CCCC(C(F)(F)F)C2)C1. The number of carbonyl (C=O) groups is 2. The zero-order valence-corrected chi connectivity index (χ0v) is 11.0. The van der Waals surface area contributed by atoms with Crippen molar-refractivity contribution in [2.24, 2.45) is 17.8 Å². The first kappa shape index (κ1) is 15.1. The number of carboxylic acids is 1. The topological polar surface area (TPSA) is 57.6 Å². The van der Waals surface area contributed by atoms with Crippen molar-refractivity contribution in [1.82, 2.24) is 4.90 Å². The number of likely N-dealkylation sites (tertiary alicyclic amines) is 1. The standard InChI is InChI=1S/C13H18F3NO3/c14-13(15,16)10-3-1-2-8(6-10)11(18)17-5-4-9(7-17)12(19)20/h8-10H,1-7H2,(H,19,20). The van der Waals surface area contributed by atoms with Crippen LogP contribution in [0.1, 0.15) is 32.1 Å². The third kappa shape index (κ3) is 3.24. The van der Waals surface area contributed by atoms with E-state index in [4.69, 9.17) is 5.11 Å². The average molecular weight is 293 g/mol. The first-order chi connectivity index (χ1) is 9.29. The van der Waals surface area contributed by atoms with Crippen LogP contribution >= 0.6 is 0 Å². The molecule has 2 aliphatic rings. The van der Waals surface area contributed by atoms with Gasteiger partial charge in [-0.1, -0.05) is 6.42 Å². The van der Waals surface area contributed by atoms with Gasteiger partial charge in [-0.3, -0.25) is 9.59 Å². The number of carboxylic acid groups (broad SMARTS) is 1. The minimum absolute atomic E-state index is 0.0883. The van der Waals surface area contributed by atoms with E-state index >= 15 is 0 Å². The summed E-state index contributed by atoms with van der Waals surface area (Å²) in [5.74, 6) is -3.84. The van der Waals surface area contributed by atoms with Gasteiger partial charge < -0.3 is 10.0 Å². The second-order valence-electron chi connectivity index (χ2n) is 5.71. The van der Waals surface area contributed by atoms with E-state index in [1.807, 2.05) is 0 Å². The van der Waals surface area contributed by atoms with E-state index in [-0.39, 0.29) is 25.3 Å². The third-order valence-electron chi connectivity index (χ3n) is 4.34. The van der Waals surface area contributed by atoms with E-state index < -0.39 is 29.9 Å². The van der Waals surface area contributed by atoms with Crippen LogP contribution in [-0.4, -0.2) is 41.1 Å². The third-order valence-corrected chi connectivity index (χ3v) is 4.34. The van der Waals surface area contributed by atoms with Crippen molar-refractivity contribution < 1.29 is 27.9 Å². The molecule has 2 rings (SSSR count). The van der Waals surface area contributed by atoms with Crippen molar-refractivity contribution in [2.75, 3.05) is 13.1 Å². The van der Waals surface area contributed by atoms with Crippen molar-refractivity contribution >= 4 is 11.9 Å². The molecule has 0 spiro atoms. The normalized spacial score (nSPS) is 31.4. The van der Waals surface area contributed by atoms with E-state index in [1.165, 1.54) is 4.90 Å². The Hall–Kier alpha value is -1.27. The monoisotopic (exact) mass is 293 g/mol. The van der Waals surface area contributed by atoms with Gasteiger partial charge in [0.1, 0.15) is 0 Å². The van der Waals surface area contributed by atoms with E-state index in [9.17, 15) is 22.8 Å². The Morgan fingerprint density at radius 3 is 2.35 bits per heavy atom. The van der Waals surface area contributed by atoms with E-state index in [2.05, 4.69) is 0 Å². The van der Waals surface area contributed by atoms with Crippen LogP contribution in [0.25, 0.3) is 0 Å². The molecule has 3 atom stereocenters. The van der Waals surface area contributed by atoms with Crippen molar-refractivity contribution in [3.63, 3.8) is 0 Å². The van der Waals surface area contributed by atoms with Crippen LogP contribution in [-0.2, 0) is 9.59 Å². The smallest absolute Gasteiger partial charge is 0.391 e. The Kier molecular flexibility index (Phi) is 4.25. The molecule has 114 valence electrons. The number of nitrogens with zero attached hydrogens (tertiary/aromatic N) is 1. The molecule has 1 aliphatic heterocycles. The van der Waals surface area contributed by atoms with Gasteiger partial charge in [-0.25, -0.2) is 0 Å². The van der Waals surface area contributed by atoms with Crippen LogP contribution in [0.4, 0.5) is 13.2 Å². The molecular formula is C13H18F3NO3. The quantitative estimate of drug-likeness (QED) is 0.850. The molecule has 7 heteroatoms. The van der Waals surface area contributed by atoms with Crippen molar-refractivity contribution in [3.05, 3.63) is 0 Å². The van der Waals surface area contributed by atoms with Gasteiger partial charge in [0.05, 0.1) is 11.8 Å². The van der Waals surface area contributed by atoms with Gasteiger partial charge >= 0.3 is 12.1 Å². The molecule has 0 aromatic carbocycles. The summed E-state index contributed by atoms with van der Waals surface area (Å²) in [6.07, 6.45) is -3.05.